The van der Waals surface area contributed by atoms with E-state index in [1.165, 1.54) is 6.92 Å². The predicted molar refractivity (Wildman–Crippen MR) is 108 cm³/mol. The van der Waals surface area contributed by atoms with Crippen LogP contribution in [0.4, 0.5) is 0 Å². The van der Waals surface area contributed by atoms with Gasteiger partial charge >= 0.3 is 5.97 Å². The van der Waals surface area contributed by atoms with E-state index in [1.807, 2.05) is 0 Å². The molecule has 7 N–H and O–H groups in total. The van der Waals surface area contributed by atoms with Crippen LogP contribution in [0.5, 0.6) is 0 Å². The van der Waals surface area contributed by atoms with Crippen LogP contribution >= 0.6 is 0 Å². The summed E-state index contributed by atoms with van der Waals surface area (Å²) in [5, 5.41) is 19.9. The fourth-order valence-electron chi connectivity index (χ4n) is 3.10. The minimum atomic E-state index is -1.16. The Morgan fingerprint density at radius 1 is 1.07 bits per heavy atom. The summed E-state index contributed by atoms with van der Waals surface area (Å²) >= 11 is 0. The minimum Gasteiger partial charge on any atom is -0.480 e. The van der Waals surface area contributed by atoms with Gasteiger partial charge in [0.2, 0.25) is 17.7 Å². The normalized spacial score (nSPS) is 19.3. The molecule has 4 atom stereocenters. The van der Waals surface area contributed by atoms with Crippen molar-refractivity contribution < 1.29 is 24.3 Å². The molecule has 1 fully saturated rings. The fourth-order valence-corrected chi connectivity index (χ4v) is 3.10. The number of carboxylic acid groups (broad SMARTS) is 1. The van der Waals surface area contributed by atoms with E-state index in [1.54, 1.807) is 13.8 Å². The Morgan fingerprint density at radius 2 is 1.76 bits per heavy atom. The molecular weight excluding hydrogens is 378 g/mol. The average molecular weight is 414 g/mol. The SMILES string of the molecule is CC(NC(=O)C(NC(=O)C(CCCCN)NC(=O)C1CCCN1)C(C)C)C(=O)O. The summed E-state index contributed by atoms with van der Waals surface area (Å²) in [6.45, 7) is 6.10. The van der Waals surface area contributed by atoms with E-state index in [9.17, 15) is 19.2 Å². The number of aliphatic carboxylic acids is 1. The third-order valence-electron chi connectivity index (χ3n) is 4.93. The average Bonchev–Trinajstić information content (AvgIpc) is 3.19. The highest BCUT2D eigenvalue weighted by atomic mass is 16.4. The summed E-state index contributed by atoms with van der Waals surface area (Å²) in [6, 6.07) is -3.10. The molecule has 10 nitrogen and oxygen atoms in total. The second-order valence-electron chi connectivity index (χ2n) is 7.79. The summed E-state index contributed by atoms with van der Waals surface area (Å²) in [5.74, 6) is -2.71. The second kappa shape index (κ2) is 12.4. The van der Waals surface area contributed by atoms with Crippen LogP contribution in [0.1, 0.15) is 52.9 Å². The van der Waals surface area contributed by atoms with Crippen LogP contribution in [0.25, 0.3) is 0 Å². The van der Waals surface area contributed by atoms with Crippen molar-refractivity contribution in [3.63, 3.8) is 0 Å². The van der Waals surface area contributed by atoms with E-state index >= 15 is 0 Å². The molecule has 0 aromatic rings. The number of carbonyl (C=O) groups is 4. The van der Waals surface area contributed by atoms with Gasteiger partial charge in [-0.3, -0.25) is 19.2 Å². The molecule has 1 rings (SSSR count). The Balaban J connectivity index is 2.80. The zero-order chi connectivity index (χ0) is 22.0. The van der Waals surface area contributed by atoms with Crippen LogP contribution in [0.15, 0.2) is 0 Å². The van der Waals surface area contributed by atoms with Crippen molar-refractivity contribution in [1.29, 1.82) is 0 Å². The molecule has 1 aliphatic rings. The largest absolute Gasteiger partial charge is 0.480 e. The van der Waals surface area contributed by atoms with E-state index in [0.29, 0.717) is 32.2 Å². The Morgan fingerprint density at radius 3 is 2.28 bits per heavy atom. The number of rotatable bonds is 12. The van der Waals surface area contributed by atoms with Crippen LogP contribution in [0.2, 0.25) is 0 Å². The highest BCUT2D eigenvalue weighted by Crippen LogP contribution is 2.09. The molecule has 1 heterocycles. The van der Waals surface area contributed by atoms with Gasteiger partial charge in [0.15, 0.2) is 0 Å². The molecule has 1 saturated heterocycles. The lowest BCUT2D eigenvalue weighted by atomic mass is 10.0. The number of hydrogen-bond acceptors (Lipinski definition) is 6. The van der Waals surface area contributed by atoms with Crippen molar-refractivity contribution >= 4 is 23.7 Å². The van der Waals surface area contributed by atoms with E-state index in [-0.39, 0.29) is 17.9 Å². The van der Waals surface area contributed by atoms with Gasteiger partial charge in [0.05, 0.1) is 6.04 Å². The summed E-state index contributed by atoms with van der Waals surface area (Å²) in [4.78, 5) is 48.7. The van der Waals surface area contributed by atoms with Crippen molar-refractivity contribution in [3.05, 3.63) is 0 Å². The molecule has 10 heteroatoms. The monoisotopic (exact) mass is 413 g/mol. The molecule has 29 heavy (non-hydrogen) atoms. The maximum Gasteiger partial charge on any atom is 0.325 e. The molecule has 0 spiro atoms. The van der Waals surface area contributed by atoms with Crippen LogP contribution in [-0.4, -0.2) is 66.1 Å². The van der Waals surface area contributed by atoms with Gasteiger partial charge in [-0.15, -0.1) is 0 Å². The summed E-state index contributed by atoms with van der Waals surface area (Å²) < 4.78 is 0. The maximum absolute atomic E-state index is 12.9. The third kappa shape index (κ3) is 8.36. The van der Waals surface area contributed by atoms with Crippen molar-refractivity contribution in [2.75, 3.05) is 13.1 Å². The van der Waals surface area contributed by atoms with E-state index < -0.39 is 35.9 Å². The van der Waals surface area contributed by atoms with E-state index in [0.717, 1.165) is 13.0 Å². The Kier molecular flexibility index (Phi) is 10.6. The summed E-state index contributed by atoms with van der Waals surface area (Å²) in [7, 11) is 0. The number of carbonyl (C=O) groups excluding carboxylic acids is 3. The fraction of sp³-hybridized carbons (Fsp3) is 0.789. The number of hydrogen-bond donors (Lipinski definition) is 6. The van der Waals surface area contributed by atoms with E-state index in [2.05, 4.69) is 21.3 Å². The molecule has 0 bridgehead atoms. The van der Waals surface area contributed by atoms with Crippen LogP contribution in [-0.2, 0) is 19.2 Å². The molecular formula is C19H35N5O5. The third-order valence-corrected chi connectivity index (χ3v) is 4.93. The first-order chi connectivity index (χ1) is 13.7. The second-order valence-corrected chi connectivity index (χ2v) is 7.79. The summed E-state index contributed by atoms with van der Waals surface area (Å²) in [6.07, 6.45) is 3.39. The van der Waals surface area contributed by atoms with Gasteiger partial charge in [-0.1, -0.05) is 13.8 Å². The smallest absolute Gasteiger partial charge is 0.325 e. The Hall–Kier alpha value is -2.20. The zero-order valence-corrected chi connectivity index (χ0v) is 17.5. The lowest BCUT2D eigenvalue weighted by molar-refractivity contribution is -0.142. The van der Waals surface area contributed by atoms with Gasteiger partial charge in [0.1, 0.15) is 18.1 Å². The molecule has 0 saturated carbocycles. The predicted octanol–water partition coefficient (Wildman–Crippen LogP) is -0.918. The van der Waals surface area contributed by atoms with Crippen molar-refractivity contribution in [2.24, 2.45) is 11.7 Å². The first-order valence-corrected chi connectivity index (χ1v) is 10.2. The quantitative estimate of drug-likeness (QED) is 0.225. The van der Waals surface area contributed by atoms with Crippen LogP contribution < -0.4 is 27.0 Å². The van der Waals surface area contributed by atoms with E-state index in [4.69, 9.17) is 10.8 Å². The van der Waals surface area contributed by atoms with Crippen molar-refractivity contribution in [1.82, 2.24) is 21.3 Å². The number of carboxylic acids is 1. The number of unbranched alkanes of at least 4 members (excludes halogenated alkanes) is 1. The summed E-state index contributed by atoms with van der Waals surface area (Å²) in [5.41, 5.74) is 5.52. The van der Waals surface area contributed by atoms with Gasteiger partial charge in [0.25, 0.3) is 0 Å². The topological polar surface area (TPSA) is 163 Å². The van der Waals surface area contributed by atoms with Crippen molar-refractivity contribution in [2.45, 2.75) is 77.0 Å². The highest BCUT2D eigenvalue weighted by molar-refractivity contribution is 5.94. The minimum absolute atomic E-state index is 0.236. The van der Waals surface area contributed by atoms with Gasteiger partial charge in [-0.25, -0.2) is 0 Å². The van der Waals surface area contributed by atoms with Crippen LogP contribution in [0, 0.1) is 5.92 Å². The molecule has 1 aliphatic heterocycles. The maximum atomic E-state index is 12.9. The molecule has 0 aromatic carbocycles. The molecule has 166 valence electrons. The highest BCUT2D eigenvalue weighted by Gasteiger charge is 2.31. The zero-order valence-electron chi connectivity index (χ0n) is 17.5. The molecule has 0 aliphatic carbocycles. The Bertz CT molecular complexity index is 577. The molecule has 3 amide bonds. The Labute approximate surface area is 171 Å². The van der Waals surface area contributed by atoms with Crippen molar-refractivity contribution in [3.8, 4) is 0 Å². The number of nitrogens with one attached hydrogen (secondary N) is 4. The lowest BCUT2D eigenvalue weighted by Gasteiger charge is -2.26. The molecule has 4 unspecified atom stereocenters. The molecule has 0 radical (unpaired) electrons. The van der Waals surface area contributed by atoms with Gasteiger partial charge in [-0.2, -0.15) is 0 Å². The number of amides is 3. The first-order valence-electron chi connectivity index (χ1n) is 10.2. The van der Waals surface area contributed by atoms with Gasteiger partial charge < -0.3 is 32.1 Å². The lowest BCUT2D eigenvalue weighted by Crippen LogP contribution is -2.58. The standard InChI is InChI=1S/C19H35N5O5/c1-11(2)15(18(27)22-12(3)19(28)29)24-17(26)14(7-4-5-9-20)23-16(25)13-8-6-10-21-13/h11-15,21H,4-10,20H2,1-3H3,(H,22,27)(H,23,25)(H,24,26)(H,28,29). The van der Waals surface area contributed by atoms with Gasteiger partial charge in [-0.05, 0) is 58.0 Å². The van der Waals surface area contributed by atoms with Crippen LogP contribution in [0.3, 0.4) is 0 Å². The first kappa shape index (κ1) is 24.8. The van der Waals surface area contributed by atoms with Gasteiger partial charge in [0, 0.05) is 0 Å². The number of nitrogens with two attached hydrogens (primary N) is 1. The molecule has 0 aromatic heterocycles.